The summed E-state index contributed by atoms with van der Waals surface area (Å²) >= 11 is 1.49. The van der Waals surface area contributed by atoms with Gasteiger partial charge in [0, 0.05) is 23.8 Å². The number of aryl methyl sites for hydroxylation is 1. The van der Waals surface area contributed by atoms with E-state index in [1.165, 1.54) is 22.9 Å². The summed E-state index contributed by atoms with van der Waals surface area (Å²) in [4.78, 5) is 17.4. The lowest BCUT2D eigenvalue weighted by Crippen LogP contribution is -2.26. The average Bonchev–Trinajstić information content (AvgIpc) is 3.33. The van der Waals surface area contributed by atoms with Crippen molar-refractivity contribution in [2.75, 3.05) is 13.7 Å². The first-order valence-corrected chi connectivity index (χ1v) is 12.1. The molecule has 1 unspecified atom stereocenters. The smallest absolute Gasteiger partial charge is 0.221 e. The standard InChI is InChI=1S/C27H28N4O2S/c1-19-8-10-21(11-9-19)24(18-25(32)28-17-16-20-6-4-3-5-7-20)34-27-29-26(30-31-27)22-12-14-23(33-2)15-13-22/h3-15,24H,16-18H2,1-2H3,(H,28,32)(H,29,30,31). The Morgan fingerprint density at radius 2 is 1.76 bits per heavy atom. The van der Waals surface area contributed by atoms with Gasteiger partial charge < -0.3 is 10.1 Å². The SMILES string of the molecule is COc1ccc(-c2nc(SC(CC(=O)NCCc3ccccc3)c3ccc(C)cc3)n[nH]2)cc1. The van der Waals surface area contributed by atoms with E-state index in [-0.39, 0.29) is 11.2 Å². The summed E-state index contributed by atoms with van der Waals surface area (Å²) in [5.74, 6) is 1.48. The molecular formula is C27H28N4O2S. The number of hydrogen-bond acceptors (Lipinski definition) is 5. The first kappa shape index (κ1) is 23.6. The van der Waals surface area contributed by atoms with E-state index in [2.05, 4.69) is 63.8 Å². The normalized spacial score (nSPS) is 11.7. The van der Waals surface area contributed by atoms with Crippen molar-refractivity contribution >= 4 is 17.7 Å². The van der Waals surface area contributed by atoms with Gasteiger partial charge in [0.05, 0.1) is 7.11 Å². The van der Waals surface area contributed by atoms with Crippen LogP contribution >= 0.6 is 11.8 Å². The van der Waals surface area contributed by atoms with Crippen LogP contribution in [0.15, 0.2) is 84.0 Å². The molecular weight excluding hydrogens is 444 g/mol. The Hall–Kier alpha value is -3.58. The predicted octanol–water partition coefficient (Wildman–Crippen LogP) is 5.37. The van der Waals surface area contributed by atoms with E-state index in [4.69, 9.17) is 4.74 Å². The Balaban J connectivity index is 1.43. The molecule has 174 valence electrons. The number of hydrogen-bond donors (Lipinski definition) is 2. The minimum Gasteiger partial charge on any atom is -0.497 e. The Labute approximate surface area is 204 Å². The number of benzene rings is 3. The van der Waals surface area contributed by atoms with E-state index in [0.717, 1.165) is 23.3 Å². The summed E-state index contributed by atoms with van der Waals surface area (Å²) in [5, 5.41) is 11.0. The number of nitrogens with zero attached hydrogens (tertiary/aromatic N) is 2. The molecule has 0 bridgehead atoms. The molecule has 1 atom stereocenters. The molecule has 0 saturated carbocycles. The van der Waals surface area contributed by atoms with Crippen molar-refractivity contribution in [3.8, 4) is 17.1 Å². The van der Waals surface area contributed by atoms with Crippen LogP contribution in [0.2, 0.25) is 0 Å². The van der Waals surface area contributed by atoms with E-state index in [1.54, 1.807) is 7.11 Å². The van der Waals surface area contributed by atoms with Crippen molar-refractivity contribution in [3.05, 3.63) is 95.6 Å². The molecule has 6 nitrogen and oxygen atoms in total. The molecule has 1 amide bonds. The van der Waals surface area contributed by atoms with Gasteiger partial charge in [-0.15, -0.1) is 5.10 Å². The van der Waals surface area contributed by atoms with Gasteiger partial charge in [-0.05, 0) is 48.7 Å². The predicted molar refractivity (Wildman–Crippen MR) is 136 cm³/mol. The van der Waals surface area contributed by atoms with Crippen LogP contribution in [0.3, 0.4) is 0 Å². The van der Waals surface area contributed by atoms with Crippen LogP contribution < -0.4 is 10.1 Å². The lowest BCUT2D eigenvalue weighted by molar-refractivity contribution is -0.121. The summed E-state index contributed by atoms with van der Waals surface area (Å²) in [6.07, 6.45) is 1.15. The van der Waals surface area contributed by atoms with Gasteiger partial charge in [-0.3, -0.25) is 9.89 Å². The Morgan fingerprint density at radius 1 is 1.03 bits per heavy atom. The summed E-state index contributed by atoms with van der Waals surface area (Å²) < 4.78 is 5.22. The summed E-state index contributed by atoms with van der Waals surface area (Å²) in [5.41, 5.74) is 4.38. The minimum absolute atomic E-state index is 0.0138. The molecule has 0 aliphatic rings. The highest BCUT2D eigenvalue weighted by Gasteiger charge is 2.20. The number of aromatic amines is 1. The number of carbonyl (C=O) groups excluding carboxylic acids is 1. The second-order valence-corrected chi connectivity index (χ2v) is 9.17. The third-order valence-electron chi connectivity index (χ3n) is 5.47. The molecule has 0 aliphatic carbocycles. The molecule has 4 aromatic rings. The molecule has 7 heteroatoms. The Bertz CT molecular complexity index is 1190. The Kier molecular flexibility index (Phi) is 7.99. The zero-order valence-corrected chi connectivity index (χ0v) is 20.1. The van der Waals surface area contributed by atoms with Gasteiger partial charge in [-0.2, -0.15) is 0 Å². The van der Waals surface area contributed by atoms with Gasteiger partial charge in [0.1, 0.15) is 5.75 Å². The number of carbonyl (C=O) groups is 1. The highest BCUT2D eigenvalue weighted by molar-refractivity contribution is 7.99. The van der Waals surface area contributed by atoms with E-state index in [0.29, 0.717) is 23.9 Å². The molecule has 0 saturated heterocycles. The fourth-order valence-corrected chi connectivity index (χ4v) is 4.57. The van der Waals surface area contributed by atoms with E-state index >= 15 is 0 Å². The van der Waals surface area contributed by atoms with Crippen molar-refractivity contribution in [1.82, 2.24) is 20.5 Å². The van der Waals surface area contributed by atoms with Crippen LogP contribution in [-0.4, -0.2) is 34.7 Å². The van der Waals surface area contributed by atoms with Crippen LogP contribution in [0, 0.1) is 6.92 Å². The number of ether oxygens (including phenoxy) is 1. The van der Waals surface area contributed by atoms with Crippen LogP contribution in [0.1, 0.15) is 28.4 Å². The van der Waals surface area contributed by atoms with E-state index in [9.17, 15) is 4.79 Å². The van der Waals surface area contributed by atoms with Gasteiger partial charge in [0.15, 0.2) is 5.82 Å². The van der Waals surface area contributed by atoms with Gasteiger partial charge in [0.2, 0.25) is 11.1 Å². The van der Waals surface area contributed by atoms with Crippen molar-refractivity contribution in [1.29, 1.82) is 0 Å². The zero-order chi connectivity index (χ0) is 23.8. The molecule has 0 aliphatic heterocycles. The van der Waals surface area contributed by atoms with Crippen LogP contribution in [0.4, 0.5) is 0 Å². The second-order valence-electron chi connectivity index (χ2n) is 8.00. The molecule has 0 radical (unpaired) electrons. The summed E-state index contributed by atoms with van der Waals surface area (Å²) in [7, 11) is 1.64. The highest BCUT2D eigenvalue weighted by atomic mass is 32.2. The van der Waals surface area contributed by atoms with Crippen LogP contribution in [-0.2, 0) is 11.2 Å². The first-order valence-electron chi connectivity index (χ1n) is 11.2. The van der Waals surface area contributed by atoms with Gasteiger partial charge in [-0.1, -0.05) is 71.9 Å². The van der Waals surface area contributed by atoms with Crippen molar-refractivity contribution in [2.45, 2.75) is 30.2 Å². The maximum Gasteiger partial charge on any atom is 0.221 e. The maximum absolute atomic E-state index is 12.8. The van der Waals surface area contributed by atoms with Gasteiger partial charge in [-0.25, -0.2) is 4.98 Å². The number of methoxy groups -OCH3 is 1. The maximum atomic E-state index is 12.8. The fraction of sp³-hybridized carbons (Fsp3) is 0.222. The summed E-state index contributed by atoms with van der Waals surface area (Å²) in [6, 6.07) is 26.1. The molecule has 3 aromatic carbocycles. The van der Waals surface area contributed by atoms with E-state index < -0.39 is 0 Å². The van der Waals surface area contributed by atoms with Crippen LogP contribution in [0.5, 0.6) is 5.75 Å². The molecule has 0 fully saturated rings. The quantitative estimate of drug-likeness (QED) is 0.303. The summed E-state index contributed by atoms with van der Waals surface area (Å²) in [6.45, 7) is 2.66. The molecule has 2 N–H and O–H groups in total. The van der Waals surface area contributed by atoms with Crippen molar-refractivity contribution in [3.63, 3.8) is 0 Å². The molecule has 1 aromatic heterocycles. The number of thioether (sulfide) groups is 1. The molecule has 1 heterocycles. The molecule has 34 heavy (non-hydrogen) atoms. The fourth-order valence-electron chi connectivity index (χ4n) is 3.54. The van der Waals surface area contributed by atoms with E-state index in [1.807, 2.05) is 42.5 Å². The number of amides is 1. The highest BCUT2D eigenvalue weighted by Crippen LogP contribution is 2.37. The van der Waals surface area contributed by atoms with Gasteiger partial charge >= 0.3 is 0 Å². The first-order chi connectivity index (χ1) is 16.6. The Morgan fingerprint density at radius 3 is 2.47 bits per heavy atom. The number of nitrogens with one attached hydrogen (secondary N) is 2. The lowest BCUT2D eigenvalue weighted by atomic mass is 10.1. The molecule has 4 rings (SSSR count). The largest absolute Gasteiger partial charge is 0.497 e. The lowest BCUT2D eigenvalue weighted by Gasteiger charge is -2.15. The number of aromatic nitrogens is 3. The topological polar surface area (TPSA) is 79.9 Å². The average molecular weight is 473 g/mol. The minimum atomic E-state index is -0.100. The number of H-pyrrole nitrogens is 1. The van der Waals surface area contributed by atoms with Crippen molar-refractivity contribution in [2.24, 2.45) is 0 Å². The number of rotatable bonds is 10. The van der Waals surface area contributed by atoms with Crippen molar-refractivity contribution < 1.29 is 9.53 Å². The third kappa shape index (κ3) is 6.48. The monoisotopic (exact) mass is 472 g/mol. The zero-order valence-electron chi connectivity index (χ0n) is 19.3. The third-order valence-corrected chi connectivity index (χ3v) is 6.59. The van der Waals surface area contributed by atoms with Gasteiger partial charge in [0.25, 0.3) is 0 Å². The molecule has 0 spiro atoms. The second kappa shape index (κ2) is 11.5. The van der Waals surface area contributed by atoms with Crippen LogP contribution in [0.25, 0.3) is 11.4 Å².